The van der Waals surface area contributed by atoms with E-state index < -0.39 is 5.82 Å². The third kappa shape index (κ3) is 3.39. The van der Waals surface area contributed by atoms with Crippen molar-refractivity contribution in [1.82, 2.24) is 4.90 Å². The molecule has 0 atom stereocenters. The fourth-order valence-corrected chi connectivity index (χ4v) is 1.55. The van der Waals surface area contributed by atoms with Crippen molar-refractivity contribution < 1.29 is 9.18 Å². The topological polar surface area (TPSA) is 20.3 Å². The van der Waals surface area contributed by atoms with Gasteiger partial charge in [-0.05, 0) is 42.2 Å². The molecule has 15 heavy (non-hydrogen) atoms. The summed E-state index contributed by atoms with van der Waals surface area (Å²) in [5.74, 6) is -0.635. The van der Waals surface area contributed by atoms with Gasteiger partial charge in [-0.25, -0.2) is 4.39 Å². The average Bonchev–Trinajstić information content (AvgIpc) is 2.18. The van der Waals surface area contributed by atoms with Gasteiger partial charge in [0.2, 0.25) is 0 Å². The van der Waals surface area contributed by atoms with Crippen molar-refractivity contribution in [2.24, 2.45) is 0 Å². The molecule has 0 saturated heterocycles. The second-order valence-corrected chi connectivity index (χ2v) is 4.43. The molecular formula is C11H13BrFNO. The van der Waals surface area contributed by atoms with Crippen molar-refractivity contribution in [3.05, 3.63) is 34.1 Å². The largest absolute Gasteiger partial charge is 0.309 e. The van der Waals surface area contributed by atoms with Gasteiger partial charge in [-0.2, -0.15) is 0 Å². The minimum absolute atomic E-state index is 0.159. The van der Waals surface area contributed by atoms with Crippen LogP contribution in [0.4, 0.5) is 4.39 Å². The molecular weight excluding hydrogens is 261 g/mol. The summed E-state index contributed by atoms with van der Waals surface area (Å²) in [6.45, 7) is 0.630. The fourth-order valence-electron chi connectivity index (χ4n) is 1.18. The first kappa shape index (κ1) is 12.3. The minimum atomic E-state index is -0.471. The number of hydrogen-bond donors (Lipinski definition) is 0. The Morgan fingerprint density at radius 2 is 2.13 bits per heavy atom. The molecule has 0 heterocycles. The lowest BCUT2D eigenvalue weighted by Gasteiger charge is -2.09. The van der Waals surface area contributed by atoms with Gasteiger partial charge >= 0.3 is 0 Å². The summed E-state index contributed by atoms with van der Waals surface area (Å²) in [6.07, 6.45) is 0.334. The second kappa shape index (κ2) is 5.37. The zero-order valence-corrected chi connectivity index (χ0v) is 10.3. The van der Waals surface area contributed by atoms with Gasteiger partial charge < -0.3 is 4.90 Å². The molecule has 82 valence electrons. The molecule has 0 aliphatic carbocycles. The monoisotopic (exact) mass is 273 g/mol. The van der Waals surface area contributed by atoms with E-state index in [-0.39, 0.29) is 11.3 Å². The molecule has 0 unspecified atom stereocenters. The van der Waals surface area contributed by atoms with Crippen LogP contribution in [0.25, 0.3) is 0 Å². The van der Waals surface area contributed by atoms with E-state index in [1.165, 1.54) is 6.07 Å². The molecule has 0 N–H and O–H groups in total. The smallest absolute Gasteiger partial charge is 0.167 e. The number of nitrogens with zero attached hydrogens (tertiary/aromatic N) is 1. The molecule has 0 saturated carbocycles. The zero-order chi connectivity index (χ0) is 11.4. The number of halogens is 2. The second-order valence-electron chi connectivity index (χ2n) is 3.58. The highest BCUT2D eigenvalue weighted by Gasteiger charge is 2.13. The van der Waals surface area contributed by atoms with E-state index in [0.29, 0.717) is 17.4 Å². The third-order valence-corrected chi connectivity index (χ3v) is 2.65. The van der Waals surface area contributed by atoms with E-state index in [2.05, 4.69) is 15.9 Å². The lowest BCUT2D eigenvalue weighted by atomic mass is 10.1. The quantitative estimate of drug-likeness (QED) is 0.787. The summed E-state index contributed by atoms with van der Waals surface area (Å²) in [5.41, 5.74) is 0.159. The molecule has 0 amide bonds. The van der Waals surface area contributed by atoms with Gasteiger partial charge in [-0.15, -0.1) is 0 Å². The number of benzene rings is 1. The van der Waals surface area contributed by atoms with Gasteiger partial charge in [0.1, 0.15) is 5.82 Å². The van der Waals surface area contributed by atoms with Crippen LogP contribution in [0, 0.1) is 5.82 Å². The van der Waals surface area contributed by atoms with Gasteiger partial charge in [-0.3, -0.25) is 4.79 Å². The molecule has 0 aliphatic heterocycles. The van der Waals surface area contributed by atoms with Crippen molar-refractivity contribution >= 4 is 21.7 Å². The maximum Gasteiger partial charge on any atom is 0.167 e. The van der Waals surface area contributed by atoms with Gasteiger partial charge in [0.05, 0.1) is 10.0 Å². The molecule has 0 aliphatic rings. The van der Waals surface area contributed by atoms with E-state index in [0.717, 1.165) is 0 Å². The molecule has 1 aromatic rings. The SMILES string of the molecule is CN(C)CCC(=O)c1cccc(Br)c1F. The van der Waals surface area contributed by atoms with Crippen LogP contribution in [-0.2, 0) is 0 Å². The highest BCUT2D eigenvalue weighted by Crippen LogP contribution is 2.19. The van der Waals surface area contributed by atoms with Crippen LogP contribution in [0.5, 0.6) is 0 Å². The van der Waals surface area contributed by atoms with Crippen LogP contribution in [0.1, 0.15) is 16.8 Å². The molecule has 1 rings (SSSR count). The van der Waals surface area contributed by atoms with E-state index in [4.69, 9.17) is 0 Å². The Hall–Kier alpha value is -0.740. The molecule has 0 radical (unpaired) electrons. The average molecular weight is 274 g/mol. The third-order valence-electron chi connectivity index (χ3n) is 2.04. The highest BCUT2D eigenvalue weighted by atomic mass is 79.9. The molecule has 0 spiro atoms. The molecule has 0 aromatic heterocycles. The van der Waals surface area contributed by atoms with Crippen molar-refractivity contribution in [2.45, 2.75) is 6.42 Å². The van der Waals surface area contributed by atoms with Crippen molar-refractivity contribution in [2.75, 3.05) is 20.6 Å². The minimum Gasteiger partial charge on any atom is -0.309 e. The fraction of sp³-hybridized carbons (Fsp3) is 0.364. The summed E-state index contributed by atoms with van der Waals surface area (Å²) in [7, 11) is 3.76. The van der Waals surface area contributed by atoms with Crippen LogP contribution in [0.15, 0.2) is 22.7 Å². The van der Waals surface area contributed by atoms with E-state index in [1.807, 2.05) is 19.0 Å². The summed E-state index contributed by atoms with van der Waals surface area (Å²) in [5, 5.41) is 0. The lowest BCUT2D eigenvalue weighted by molar-refractivity contribution is 0.0968. The van der Waals surface area contributed by atoms with Crippen LogP contribution >= 0.6 is 15.9 Å². The first-order valence-corrected chi connectivity index (χ1v) is 5.43. The summed E-state index contributed by atoms with van der Waals surface area (Å²) in [4.78, 5) is 13.5. The molecule has 0 fully saturated rings. The van der Waals surface area contributed by atoms with Crippen LogP contribution in [0.3, 0.4) is 0 Å². The number of hydrogen-bond acceptors (Lipinski definition) is 2. The summed E-state index contributed by atoms with van der Waals surface area (Å²) in [6, 6.07) is 4.76. The number of rotatable bonds is 4. The Labute approximate surface area is 97.2 Å². The highest BCUT2D eigenvalue weighted by molar-refractivity contribution is 9.10. The first-order chi connectivity index (χ1) is 7.02. The Kier molecular flexibility index (Phi) is 4.42. The normalized spacial score (nSPS) is 10.7. The number of ketones is 1. The zero-order valence-electron chi connectivity index (χ0n) is 8.76. The van der Waals surface area contributed by atoms with Crippen LogP contribution < -0.4 is 0 Å². The Morgan fingerprint density at radius 1 is 1.47 bits per heavy atom. The lowest BCUT2D eigenvalue weighted by Crippen LogP contribution is -2.17. The summed E-state index contributed by atoms with van der Waals surface area (Å²) < 4.78 is 13.8. The van der Waals surface area contributed by atoms with Gasteiger partial charge in [0.15, 0.2) is 5.78 Å². The predicted octanol–water partition coefficient (Wildman–Crippen LogP) is 2.72. The molecule has 0 bridgehead atoms. The van der Waals surface area contributed by atoms with Gasteiger partial charge in [0.25, 0.3) is 0 Å². The molecule has 1 aromatic carbocycles. The summed E-state index contributed by atoms with van der Waals surface area (Å²) >= 11 is 3.06. The van der Waals surface area contributed by atoms with Crippen LogP contribution in [-0.4, -0.2) is 31.3 Å². The number of carbonyl (C=O) groups is 1. The Balaban J connectivity index is 2.78. The van der Waals surface area contributed by atoms with Crippen molar-refractivity contribution in [3.8, 4) is 0 Å². The van der Waals surface area contributed by atoms with Crippen molar-refractivity contribution in [1.29, 1.82) is 0 Å². The predicted molar refractivity (Wildman–Crippen MR) is 61.6 cm³/mol. The maximum atomic E-state index is 13.5. The van der Waals surface area contributed by atoms with Gasteiger partial charge in [0, 0.05) is 13.0 Å². The van der Waals surface area contributed by atoms with E-state index in [9.17, 15) is 9.18 Å². The Morgan fingerprint density at radius 3 is 2.73 bits per heavy atom. The number of Topliss-reactive ketones (excluding diaryl/α,β-unsaturated/α-hetero) is 1. The van der Waals surface area contributed by atoms with E-state index in [1.54, 1.807) is 12.1 Å². The molecule has 4 heteroatoms. The molecule has 2 nitrogen and oxygen atoms in total. The van der Waals surface area contributed by atoms with Crippen molar-refractivity contribution in [3.63, 3.8) is 0 Å². The van der Waals surface area contributed by atoms with Gasteiger partial charge in [-0.1, -0.05) is 6.07 Å². The first-order valence-electron chi connectivity index (χ1n) is 4.64. The van der Waals surface area contributed by atoms with E-state index >= 15 is 0 Å². The Bertz CT molecular complexity index is 366. The standard InChI is InChI=1S/C11H13BrFNO/c1-14(2)7-6-10(15)8-4-3-5-9(12)11(8)13/h3-5H,6-7H2,1-2H3. The maximum absolute atomic E-state index is 13.5. The van der Waals surface area contributed by atoms with Crippen LogP contribution in [0.2, 0.25) is 0 Å². The number of carbonyl (C=O) groups excluding carboxylic acids is 1.